The summed E-state index contributed by atoms with van der Waals surface area (Å²) in [5.41, 5.74) is 6.66. The van der Waals surface area contributed by atoms with E-state index in [2.05, 4.69) is 55.9 Å². The van der Waals surface area contributed by atoms with Crippen LogP contribution in [0.2, 0.25) is 0 Å². The quantitative estimate of drug-likeness (QED) is 0.358. The minimum absolute atomic E-state index is 0.766. The fourth-order valence-electron chi connectivity index (χ4n) is 2.79. The van der Waals surface area contributed by atoms with Gasteiger partial charge in [0.2, 0.25) is 0 Å². The second-order valence-electron chi connectivity index (χ2n) is 6.39. The molecule has 1 aromatic heterocycles. The van der Waals surface area contributed by atoms with Crippen molar-refractivity contribution < 1.29 is 0 Å². The van der Waals surface area contributed by atoms with Crippen LogP contribution in [-0.2, 0) is 12.8 Å². The van der Waals surface area contributed by atoms with Gasteiger partial charge in [0.1, 0.15) is 0 Å². The number of aryl methyl sites for hydroxylation is 1. The number of aliphatic imine (C=N–C) groups is 1. The Morgan fingerprint density at radius 3 is 2.44 bits per heavy atom. The summed E-state index contributed by atoms with van der Waals surface area (Å²) in [4.78, 5) is 8.86. The Kier molecular flexibility index (Phi) is 8.18. The number of hydrogen-bond acceptors (Lipinski definition) is 2. The summed E-state index contributed by atoms with van der Waals surface area (Å²) >= 11 is 0. The molecule has 2 nitrogen and oxygen atoms in total. The zero-order valence-corrected chi connectivity index (χ0v) is 16.2. The molecule has 0 spiro atoms. The second-order valence-corrected chi connectivity index (χ2v) is 6.39. The minimum Gasteiger partial charge on any atom is -0.264 e. The number of allylic oxidation sites excluding steroid dienone is 4. The number of aromatic nitrogens is 1. The van der Waals surface area contributed by atoms with Gasteiger partial charge in [0.25, 0.3) is 0 Å². The lowest BCUT2D eigenvalue weighted by Crippen LogP contribution is -2.02. The van der Waals surface area contributed by atoms with Crippen LogP contribution in [0.25, 0.3) is 5.70 Å². The number of nitrogens with zero attached hydrogens (tertiary/aromatic N) is 2. The van der Waals surface area contributed by atoms with Crippen molar-refractivity contribution in [2.75, 3.05) is 0 Å². The van der Waals surface area contributed by atoms with Crippen LogP contribution in [0.15, 0.2) is 97.3 Å². The van der Waals surface area contributed by atoms with E-state index in [-0.39, 0.29) is 0 Å². The molecule has 0 aliphatic rings. The summed E-state index contributed by atoms with van der Waals surface area (Å²) < 4.78 is 0. The van der Waals surface area contributed by atoms with E-state index in [9.17, 15) is 0 Å². The molecule has 0 aliphatic carbocycles. The number of benzene rings is 1. The van der Waals surface area contributed by atoms with Crippen LogP contribution in [-0.4, -0.2) is 10.7 Å². The molecule has 0 unspecified atom stereocenters. The highest BCUT2D eigenvalue weighted by atomic mass is 14.8. The van der Waals surface area contributed by atoms with E-state index >= 15 is 0 Å². The Balaban J connectivity index is 2.00. The predicted octanol–water partition coefficient (Wildman–Crippen LogP) is 6.38. The monoisotopic (exact) mass is 356 g/mol. The summed E-state index contributed by atoms with van der Waals surface area (Å²) in [5.74, 6) is 0. The lowest BCUT2D eigenvalue weighted by atomic mass is 10.0. The van der Waals surface area contributed by atoms with Crippen molar-refractivity contribution in [1.82, 2.24) is 4.98 Å². The molecule has 1 heterocycles. The summed E-state index contributed by atoms with van der Waals surface area (Å²) in [6, 6.07) is 12.7. The molecule has 0 bridgehead atoms. The zero-order valence-electron chi connectivity index (χ0n) is 16.2. The van der Waals surface area contributed by atoms with E-state index in [1.807, 2.05) is 30.4 Å². The number of hydrogen-bond donors (Lipinski definition) is 0. The van der Waals surface area contributed by atoms with Crippen molar-refractivity contribution in [1.29, 1.82) is 0 Å². The van der Waals surface area contributed by atoms with Gasteiger partial charge in [0, 0.05) is 30.1 Å². The first kappa shape index (κ1) is 20.3. The predicted molar refractivity (Wildman–Crippen MR) is 118 cm³/mol. The summed E-state index contributed by atoms with van der Waals surface area (Å²) in [6.45, 7) is 13.8. The Labute approximate surface area is 163 Å². The molecule has 0 radical (unpaired) electrons. The molecule has 0 amide bonds. The molecule has 2 rings (SSSR count). The van der Waals surface area contributed by atoms with Crippen LogP contribution >= 0.6 is 0 Å². The van der Waals surface area contributed by atoms with Gasteiger partial charge in [0.15, 0.2) is 0 Å². The van der Waals surface area contributed by atoms with E-state index in [0.29, 0.717) is 0 Å². The summed E-state index contributed by atoms with van der Waals surface area (Å²) in [5, 5.41) is 0. The highest BCUT2D eigenvalue weighted by molar-refractivity contribution is 5.90. The molecular weight excluding hydrogens is 328 g/mol. The normalized spacial score (nSPS) is 11.9. The smallest absolute Gasteiger partial charge is 0.0645 e. The Morgan fingerprint density at radius 1 is 1.11 bits per heavy atom. The van der Waals surface area contributed by atoms with Gasteiger partial charge in [-0.15, -0.1) is 0 Å². The number of rotatable bonds is 10. The van der Waals surface area contributed by atoms with E-state index in [0.717, 1.165) is 42.7 Å². The third-order valence-corrected chi connectivity index (χ3v) is 4.42. The van der Waals surface area contributed by atoms with Gasteiger partial charge < -0.3 is 0 Å². The zero-order chi connectivity index (χ0) is 19.5. The van der Waals surface area contributed by atoms with E-state index in [1.54, 1.807) is 12.4 Å². The SMILES string of the molecule is C=C/C=C(\C=C)CCc1ccc(CC(CC)=NC(=C)c2cccnc2)cc1. The average molecular weight is 357 g/mol. The largest absolute Gasteiger partial charge is 0.264 e. The van der Waals surface area contributed by atoms with Crippen molar-refractivity contribution in [3.63, 3.8) is 0 Å². The molecule has 27 heavy (non-hydrogen) atoms. The first-order valence-electron chi connectivity index (χ1n) is 9.33. The minimum atomic E-state index is 0.766. The van der Waals surface area contributed by atoms with E-state index in [1.165, 1.54) is 16.7 Å². The molecule has 0 saturated heterocycles. The fourth-order valence-corrected chi connectivity index (χ4v) is 2.79. The molecule has 0 N–H and O–H groups in total. The Bertz CT molecular complexity index is 824. The molecule has 138 valence electrons. The van der Waals surface area contributed by atoms with Crippen LogP contribution in [0.1, 0.15) is 36.5 Å². The second kappa shape index (κ2) is 10.9. The third kappa shape index (κ3) is 6.67. The Hall–Kier alpha value is -3.00. The molecule has 0 atom stereocenters. The van der Waals surface area contributed by atoms with Crippen LogP contribution in [0.5, 0.6) is 0 Å². The first-order valence-corrected chi connectivity index (χ1v) is 9.33. The lowest BCUT2D eigenvalue weighted by Gasteiger charge is -2.08. The maximum Gasteiger partial charge on any atom is 0.0645 e. The van der Waals surface area contributed by atoms with Crippen LogP contribution in [0, 0.1) is 0 Å². The van der Waals surface area contributed by atoms with Gasteiger partial charge in [-0.25, -0.2) is 0 Å². The van der Waals surface area contributed by atoms with E-state index in [4.69, 9.17) is 4.99 Å². The molecular formula is C25H28N2. The van der Waals surface area contributed by atoms with Gasteiger partial charge in [-0.2, -0.15) is 0 Å². The average Bonchev–Trinajstić information content (AvgIpc) is 2.72. The fraction of sp³-hybridized carbons (Fsp3) is 0.200. The summed E-state index contributed by atoms with van der Waals surface area (Å²) in [6.07, 6.45) is 13.0. The van der Waals surface area contributed by atoms with E-state index < -0.39 is 0 Å². The van der Waals surface area contributed by atoms with Gasteiger partial charge >= 0.3 is 0 Å². The van der Waals surface area contributed by atoms with Gasteiger partial charge in [-0.05, 0) is 48.1 Å². The summed E-state index contributed by atoms with van der Waals surface area (Å²) in [7, 11) is 0. The van der Waals surface area contributed by atoms with Crippen LogP contribution in [0.4, 0.5) is 0 Å². The van der Waals surface area contributed by atoms with Crippen LogP contribution < -0.4 is 0 Å². The standard InChI is InChI=1S/C25H28N2/c1-5-9-21(6-2)11-12-22-13-15-23(16-14-22)18-25(7-3)27-20(4)24-10-8-17-26-19-24/h5-6,8-10,13-17,19H,1-2,4,7,11-12,18H2,3H3/b21-9+,27-25?. The molecule has 0 aliphatic heterocycles. The van der Waals surface area contributed by atoms with Crippen molar-refractivity contribution in [2.24, 2.45) is 4.99 Å². The molecule has 2 aromatic rings. The molecule has 1 aromatic carbocycles. The topological polar surface area (TPSA) is 25.2 Å². The molecule has 0 saturated carbocycles. The van der Waals surface area contributed by atoms with Gasteiger partial charge in [0.05, 0.1) is 5.70 Å². The molecule has 2 heteroatoms. The van der Waals surface area contributed by atoms with Crippen molar-refractivity contribution in [2.45, 2.75) is 32.6 Å². The van der Waals surface area contributed by atoms with Crippen molar-refractivity contribution in [3.05, 3.63) is 109 Å². The highest BCUT2D eigenvalue weighted by Gasteiger charge is 2.03. The first-order chi connectivity index (χ1) is 13.2. The maximum absolute atomic E-state index is 4.73. The Morgan fingerprint density at radius 2 is 1.85 bits per heavy atom. The maximum atomic E-state index is 4.73. The lowest BCUT2D eigenvalue weighted by molar-refractivity contribution is 0.964. The van der Waals surface area contributed by atoms with Crippen LogP contribution in [0.3, 0.4) is 0 Å². The van der Waals surface area contributed by atoms with Crippen molar-refractivity contribution >= 4 is 11.4 Å². The molecule has 0 fully saturated rings. The highest BCUT2D eigenvalue weighted by Crippen LogP contribution is 2.16. The van der Waals surface area contributed by atoms with Gasteiger partial charge in [-0.3, -0.25) is 9.98 Å². The van der Waals surface area contributed by atoms with Gasteiger partial charge in [-0.1, -0.05) is 69.2 Å². The van der Waals surface area contributed by atoms with Crippen molar-refractivity contribution in [3.8, 4) is 0 Å². The third-order valence-electron chi connectivity index (χ3n) is 4.42. The number of pyridine rings is 1.